The Morgan fingerprint density at radius 3 is 2.08 bits per heavy atom. The van der Waals surface area contributed by atoms with Gasteiger partial charge in [-0.3, -0.25) is 4.79 Å². The van der Waals surface area contributed by atoms with Gasteiger partial charge in [0.1, 0.15) is 5.82 Å². The summed E-state index contributed by atoms with van der Waals surface area (Å²) in [7, 11) is 1.10. The Hall–Kier alpha value is -2.86. The van der Waals surface area contributed by atoms with E-state index in [1.165, 1.54) is 17.0 Å². The second kappa shape index (κ2) is 9.01. The number of ether oxygens (including phenoxy) is 1. The van der Waals surface area contributed by atoms with Crippen LogP contribution in [0.3, 0.4) is 0 Å². The number of halogens is 2. The number of amides is 1. The van der Waals surface area contributed by atoms with E-state index in [0.29, 0.717) is 10.6 Å². The van der Waals surface area contributed by atoms with Crippen molar-refractivity contribution in [1.29, 1.82) is 0 Å². The summed E-state index contributed by atoms with van der Waals surface area (Å²) >= 11 is 5.86. The summed E-state index contributed by atoms with van der Waals surface area (Å²) in [4.78, 5) is 25.2. The largest absolute Gasteiger partial charge is 0.502 e. The van der Waals surface area contributed by atoms with Crippen molar-refractivity contribution in [2.45, 2.75) is 13.1 Å². The third kappa shape index (κ3) is 5.60. The van der Waals surface area contributed by atoms with Crippen molar-refractivity contribution in [2.24, 2.45) is 0 Å². The summed E-state index contributed by atoms with van der Waals surface area (Å²) in [5.41, 5.74) is 1.50. The number of hydrogen-bond acceptors (Lipinski definition) is 4. The highest BCUT2D eigenvalue weighted by Gasteiger charge is 2.17. The number of aliphatic hydroxyl groups is 1. The van der Waals surface area contributed by atoms with Crippen LogP contribution in [0.25, 0.3) is 0 Å². The first-order chi connectivity index (χ1) is 12.4. The molecule has 26 heavy (non-hydrogen) atoms. The monoisotopic (exact) mass is 377 g/mol. The summed E-state index contributed by atoms with van der Waals surface area (Å²) in [6.07, 6.45) is 0.797. The predicted octanol–water partition coefficient (Wildman–Crippen LogP) is 3.62. The summed E-state index contributed by atoms with van der Waals surface area (Å²) in [6, 6.07) is 12.6. The minimum absolute atomic E-state index is 0.159. The van der Waals surface area contributed by atoms with Crippen molar-refractivity contribution >= 4 is 23.5 Å². The number of nitrogens with zero attached hydrogens (tertiary/aromatic N) is 1. The van der Waals surface area contributed by atoms with Gasteiger partial charge in [0.15, 0.2) is 0 Å². The van der Waals surface area contributed by atoms with Gasteiger partial charge < -0.3 is 14.7 Å². The van der Waals surface area contributed by atoms with E-state index >= 15 is 0 Å². The Bertz CT molecular complexity index is 756. The van der Waals surface area contributed by atoms with Gasteiger partial charge in [0, 0.05) is 18.1 Å². The maximum atomic E-state index is 13.1. The molecule has 1 N–H and O–H groups in total. The van der Waals surface area contributed by atoms with Gasteiger partial charge in [-0.2, -0.15) is 0 Å². The zero-order valence-electron chi connectivity index (χ0n) is 14.0. The van der Waals surface area contributed by atoms with E-state index < -0.39 is 17.6 Å². The standard InChI is InChI=1S/C19H17ClFNO4/c1-26-19(25)17(23)10-18(24)22(11-13-2-6-15(20)7-3-13)12-14-4-8-16(21)9-5-14/h2-10,23H,11-12H2,1H3. The zero-order valence-corrected chi connectivity index (χ0v) is 14.7. The molecule has 0 spiro atoms. The number of benzene rings is 2. The summed E-state index contributed by atoms with van der Waals surface area (Å²) in [5.74, 6) is -2.77. The first-order valence-electron chi connectivity index (χ1n) is 7.66. The van der Waals surface area contributed by atoms with Gasteiger partial charge >= 0.3 is 5.97 Å². The zero-order chi connectivity index (χ0) is 19.1. The number of rotatable bonds is 6. The van der Waals surface area contributed by atoms with E-state index in [-0.39, 0.29) is 18.9 Å². The molecular weight excluding hydrogens is 361 g/mol. The number of hydrogen-bond donors (Lipinski definition) is 1. The lowest BCUT2D eigenvalue weighted by Gasteiger charge is -2.22. The van der Waals surface area contributed by atoms with E-state index in [9.17, 15) is 19.1 Å². The Kier molecular flexibility index (Phi) is 6.74. The fourth-order valence-electron chi connectivity index (χ4n) is 2.20. The fourth-order valence-corrected chi connectivity index (χ4v) is 2.33. The molecule has 1 amide bonds. The number of aliphatic hydroxyl groups excluding tert-OH is 1. The molecule has 2 rings (SSSR count). The van der Waals surface area contributed by atoms with Gasteiger partial charge in [-0.15, -0.1) is 0 Å². The average molecular weight is 378 g/mol. The summed E-state index contributed by atoms with van der Waals surface area (Å²) in [6.45, 7) is 0.366. The molecular formula is C19H17ClFNO4. The topological polar surface area (TPSA) is 66.8 Å². The molecule has 0 saturated carbocycles. The Morgan fingerprint density at radius 1 is 1.08 bits per heavy atom. The normalized spacial score (nSPS) is 11.1. The molecule has 0 unspecified atom stereocenters. The van der Waals surface area contributed by atoms with Crippen molar-refractivity contribution in [1.82, 2.24) is 4.90 Å². The van der Waals surface area contributed by atoms with Crippen LogP contribution in [0.1, 0.15) is 11.1 Å². The van der Waals surface area contributed by atoms with E-state index in [2.05, 4.69) is 4.74 Å². The molecule has 0 radical (unpaired) electrons. The Balaban J connectivity index is 2.24. The molecule has 0 bridgehead atoms. The maximum Gasteiger partial charge on any atom is 0.373 e. The minimum Gasteiger partial charge on any atom is -0.502 e. The number of carbonyl (C=O) groups is 2. The van der Waals surface area contributed by atoms with E-state index in [1.807, 2.05) is 0 Å². The summed E-state index contributed by atoms with van der Waals surface area (Å²) < 4.78 is 17.5. The second-order valence-corrected chi connectivity index (χ2v) is 5.90. The van der Waals surface area contributed by atoms with Crippen molar-refractivity contribution in [3.8, 4) is 0 Å². The van der Waals surface area contributed by atoms with E-state index in [4.69, 9.17) is 11.6 Å². The van der Waals surface area contributed by atoms with Crippen LogP contribution in [0, 0.1) is 5.82 Å². The fraction of sp³-hybridized carbons (Fsp3) is 0.158. The highest BCUT2D eigenvalue weighted by atomic mass is 35.5. The van der Waals surface area contributed by atoms with Crippen LogP contribution in [0.5, 0.6) is 0 Å². The third-order valence-electron chi connectivity index (χ3n) is 3.54. The first kappa shape index (κ1) is 19.5. The number of esters is 1. The molecule has 0 aromatic heterocycles. The highest BCUT2D eigenvalue weighted by molar-refractivity contribution is 6.30. The molecule has 7 heteroatoms. The molecule has 5 nitrogen and oxygen atoms in total. The molecule has 136 valence electrons. The first-order valence-corrected chi connectivity index (χ1v) is 8.03. The van der Waals surface area contributed by atoms with Crippen LogP contribution in [0.4, 0.5) is 4.39 Å². The van der Waals surface area contributed by atoms with Crippen molar-refractivity contribution in [2.75, 3.05) is 7.11 Å². The Labute approximate surface area is 155 Å². The SMILES string of the molecule is COC(=O)C(O)=CC(=O)N(Cc1ccc(F)cc1)Cc1ccc(Cl)cc1. The summed E-state index contributed by atoms with van der Waals surface area (Å²) in [5, 5.41) is 10.2. The van der Waals surface area contributed by atoms with Gasteiger partial charge in [0.05, 0.1) is 13.2 Å². The molecule has 2 aromatic rings. The second-order valence-electron chi connectivity index (χ2n) is 5.47. The number of carbonyl (C=O) groups excluding carboxylic acids is 2. The molecule has 0 aliphatic heterocycles. The average Bonchev–Trinajstić information content (AvgIpc) is 2.63. The molecule has 0 aliphatic rings. The molecule has 0 saturated heterocycles. The third-order valence-corrected chi connectivity index (χ3v) is 3.79. The predicted molar refractivity (Wildman–Crippen MR) is 94.8 cm³/mol. The molecule has 0 atom stereocenters. The number of methoxy groups -OCH3 is 1. The lowest BCUT2D eigenvalue weighted by atomic mass is 10.1. The van der Waals surface area contributed by atoms with Crippen LogP contribution in [-0.4, -0.2) is 29.0 Å². The van der Waals surface area contributed by atoms with Crippen LogP contribution in [0.15, 0.2) is 60.4 Å². The van der Waals surface area contributed by atoms with Gasteiger partial charge in [-0.05, 0) is 35.4 Å². The van der Waals surface area contributed by atoms with Gasteiger partial charge in [-0.1, -0.05) is 35.9 Å². The van der Waals surface area contributed by atoms with Gasteiger partial charge in [-0.25, -0.2) is 9.18 Å². The van der Waals surface area contributed by atoms with Gasteiger partial charge in [0.25, 0.3) is 5.91 Å². The smallest absolute Gasteiger partial charge is 0.373 e. The van der Waals surface area contributed by atoms with Crippen molar-refractivity contribution in [3.05, 3.63) is 82.3 Å². The van der Waals surface area contributed by atoms with Crippen molar-refractivity contribution in [3.63, 3.8) is 0 Å². The quantitative estimate of drug-likeness (QED) is 0.474. The molecule has 0 heterocycles. The van der Waals surface area contributed by atoms with Crippen LogP contribution >= 0.6 is 11.6 Å². The maximum absolute atomic E-state index is 13.1. The molecule has 2 aromatic carbocycles. The van der Waals surface area contributed by atoms with Crippen LogP contribution < -0.4 is 0 Å². The lowest BCUT2D eigenvalue weighted by Crippen LogP contribution is -2.29. The lowest BCUT2D eigenvalue weighted by molar-refractivity contribution is -0.139. The van der Waals surface area contributed by atoms with Gasteiger partial charge in [0.2, 0.25) is 5.76 Å². The van der Waals surface area contributed by atoms with E-state index in [0.717, 1.165) is 18.7 Å². The van der Waals surface area contributed by atoms with Crippen molar-refractivity contribution < 1.29 is 23.8 Å². The van der Waals surface area contributed by atoms with Crippen LogP contribution in [-0.2, 0) is 27.4 Å². The van der Waals surface area contributed by atoms with Crippen LogP contribution in [0.2, 0.25) is 5.02 Å². The Morgan fingerprint density at radius 2 is 1.58 bits per heavy atom. The van der Waals surface area contributed by atoms with E-state index in [1.54, 1.807) is 36.4 Å². The molecule has 0 fully saturated rings. The minimum atomic E-state index is -1.01. The highest BCUT2D eigenvalue weighted by Crippen LogP contribution is 2.15. The molecule has 0 aliphatic carbocycles.